The summed E-state index contributed by atoms with van der Waals surface area (Å²) in [6, 6.07) is 10.1. The SMILES string of the molecule is Cc1ccc([N+](=O)[O-])cc1NC(=O)C1CC(c2cccc(F)c2)=NO1. The molecule has 0 bridgehead atoms. The van der Waals surface area contributed by atoms with Gasteiger partial charge in [0.1, 0.15) is 5.82 Å². The van der Waals surface area contributed by atoms with E-state index < -0.39 is 22.8 Å². The predicted molar refractivity (Wildman–Crippen MR) is 88.9 cm³/mol. The molecule has 1 heterocycles. The van der Waals surface area contributed by atoms with E-state index in [1.807, 2.05) is 0 Å². The molecule has 7 nitrogen and oxygen atoms in total. The van der Waals surface area contributed by atoms with Crippen LogP contribution >= 0.6 is 0 Å². The second-order valence-corrected chi connectivity index (χ2v) is 5.59. The maximum Gasteiger partial charge on any atom is 0.271 e. The summed E-state index contributed by atoms with van der Waals surface area (Å²) in [5.41, 5.74) is 1.91. The van der Waals surface area contributed by atoms with Gasteiger partial charge in [-0.3, -0.25) is 14.9 Å². The third kappa shape index (κ3) is 3.63. The zero-order chi connectivity index (χ0) is 18.0. The van der Waals surface area contributed by atoms with Gasteiger partial charge in [-0.25, -0.2) is 4.39 Å². The van der Waals surface area contributed by atoms with Crippen LogP contribution in [0.15, 0.2) is 47.6 Å². The molecular formula is C17H14FN3O4. The number of nitro benzene ring substituents is 1. The lowest BCUT2D eigenvalue weighted by atomic mass is 10.0. The van der Waals surface area contributed by atoms with E-state index in [-0.39, 0.29) is 12.1 Å². The number of amides is 1. The topological polar surface area (TPSA) is 93.8 Å². The first-order valence-electron chi connectivity index (χ1n) is 7.48. The van der Waals surface area contributed by atoms with E-state index in [0.29, 0.717) is 22.5 Å². The molecule has 1 amide bonds. The smallest absolute Gasteiger partial charge is 0.271 e. The maximum absolute atomic E-state index is 13.3. The van der Waals surface area contributed by atoms with Crippen molar-refractivity contribution in [2.24, 2.45) is 5.16 Å². The van der Waals surface area contributed by atoms with Gasteiger partial charge in [0, 0.05) is 24.1 Å². The summed E-state index contributed by atoms with van der Waals surface area (Å²) in [6.07, 6.45) is -0.694. The van der Waals surface area contributed by atoms with Crippen LogP contribution in [0.1, 0.15) is 17.5 Å². The van der Waals surface area contributed by atoms with Crippen LogP contribution in [0.3, 0.4) is 0 Å². The van der Waals surface area contributed by atoms with Crippen LogP contribution in [0.5, 0.6) is 0 Å². The number of oxime groups is 1. The molecule has 128 valence electrons. The Hall–Kier alpha value is -3.29. The van der Waals surface area contributed by atoms with Crippen LogP contribution in [0, 0.1) is 22.9 Å². The molecule has 0 aliphatic carbocycles. The Kier molecular flexibility index (Phi) is 4.42. The molecule has 2 aromatic rings. The number of hydrogen-bond donors (Lipinski definition) is 1. The Morgan fingerprint density at radius 3 is 2.88 bits per heavy atom. The highest BCUT2D eigenvalue weighted by Crippen LogP contribution is 2.24. The lowest BCUT2D eigenvalue weighted by molar-refractivity contribution is -0.384. The number of nitrogens with zero attached hydrogens (tertiary/aromatic N) is 2. The van der Waals surface area contributed by atoms with Crippen LogP contribution < -0.4 is 5.32 Å². The Bertz CT molecular complexity index is 882. The molecule has 0 saturated carbocycles. The molecule has 1 unspecified atom stereocenters. The van der Waals surface area contributed by atoms with E-state index in [9.17, 15) is 19.3 Å². The molecule has 1 aliphatic rings. The first-order chi connectivity index (χ1) is 11.9. The maximum atomic E-state index is 13.3. The number of halogens is 1. The zero-order valence-corrected chi connectivity index (χ0v) is 13.2. The van der Waals surface area contributed by atoms with E-state index in [2.05, 4.69) is 10.5 Å². The predicted octanol–water partition coefficient (Wildman–Crippen LogP) is 3.17. The Labute approximate surface area is 142 Å². The summed E-state index contributed by atoms with van der Waals surface area (Å²) in [7, 11) is 0. The molecule has 2 aromatic carbocycles. The number of carbonyl (C=O) groups excluding carboxylic acids is 1. The van der Waals surface area contributed by atoms with Crippen LogP contribution in [-0.2, 0) is 9.63 Å². The Balaban J connectivity index is 1.70. The molecule has 0 fully saturated rings. The molecule has 0 radical (unpaired) electrons. The number of carbonyl (C=O) groups is 1. The summed E-state index contributed by atoms with van der Waals surface area (Å²) >= 11 is 0. The number of anilines is 1. The van der Waals surface area contributed by atoms with E-state index >= 15 is 0 Å². The van der Waals surface area contributed by atoms with Crippen LogP contribution in [0.25, 0.3) is 0 Å². The molecule has 1 atom stereocenters. The van der Waals surface area contributed by atoms with Crippen molar-refractivity contribution in [2.75, 3.05) is 5.32 Å². The summed E-state index contributed by atoms with van der Waals surface area (Å²) in [5.74, 6) is -0.876. The highest BCUT2D eigenvalue weighted by atomic mass is 19.1. The number of nitro groups is 1. The molecule has 0 spiro atoms. The van der Waals surface area contributed by atoms with Gasteiger partial charge in [-0.05, 0) is 24.6 Å². The number of nitrogens with one attached hydrogen (secondary N) is 1. The Morgan fingerprint density at radius 2 is 2.16 bits per heavy atom. The van der Waals surface area contributed by atoms with Crippen molar-refractivity contribution in [3.8, 4) is 0 Å². The van der Waals surface area contributed by atoms with Crippen LogP contribution in [-0.4, -0.2) is 22.6 Å². The molecule has 1 aliphatic heterocycles. The van der Waals surface area contributed by atoms with E-state index in [1.54, 1.807) is 25.1 Å². The van der Waals surface area contributed by atoms with Crippen molar-refractivity contribution >= 4 is 23.0 Å². The fourth-order valence-electron chi connectivity index (χ4n) is 2.43. The number of hydrogen-bond acceptors (Lipinski definition) is 5. The third-order valence-corrected chi connectivity index (χ3v) is 3.81. The number of aryl methyl sites for hydroxylation is 1. The van der Waals surface area contributed by atoms with Gasteiger partial charge in [0.15, 0.2) is 0 Å². The van der Waals surface area contributed by atoms with E-state index in [1.165, 1.54) is 24.3 Å². The minimum Gasteiger partial charge on any atom is -0.382 e. The molecule has 0 aromatic heterocycles. The van der Waals surface area contributed by atoms with Gasteiger partial charge in [-0.2, -0.15) is 0 Å². The number of benzene rings is 2. The van der Waals surface area contributed by atoms with Gasteiger partial charge in [-0.1, -0.05) is 23.4 Å². The second-order valence-electron chi connectivity index (χ2n) is 5.59. The van der Waals surface area contributed by atoms with Crippen molar-refractivity contribution < 1.29 is 18.9 Å². The van der Waals surface area contributed by atoms with Gasteiger partial charge in [0.05, 0.1) is 16.3 Å². The largest absolute Gasteiger partial charge is 0.382 e. The first kappa shape index (κ1) is 16.6. The lowest BCUT2D eigenvalue weighted by Crippen LogP contribution is -2.28. The molecular weight excluding hydrogens is 329 g/mol. The fourth-order valence-corrected chi connectivity index (χ4v) is 2.43. The van der Waals surface area contributed by atoms with Crippen LogP contribution in [0.2, 0.25) is 0 Å². The molecule has 1 N–H and O–H groups in total. The quantitative estimate of drug-likeness (QED) is 0.681. The lowest BCUT2D eigenvalue weighted by Gasteiger charge is -2.11. The minimum absolute atomic E-state index is 0.120. The van der Waals surface area contributed by atoms with Gasteiger partial charge in [-0.15, -0.1) is 0 Å². The first-order valence-corrected chi connectivity index (χ1v) is 7.48. The Morgan fingerprint density at radius 1 is 1.36 bits per heavy atom. The van der Waals surface area contributed by atoms with Crippen molar-refractivity contribution in [1.29, 1.82) is 0 Å². The van der Waals surface area contributed by atoms with E-state index in [4.69, 9.17) is 4.84 Å². The summed E-state index contributed by atoms with van der Waals surface area (Å²) in [5, 5.41) is 17.3. The second kappa shape index (κ2) is 6.68. The average molecular weight is 343 g/mol. The average Bonchev–Trinajstić information content (AvgIpc) is 3.07. The van der Waals surface area contributed by atoms with Crippen molar-refractivity contribution in [2.45, 2.75) is 19.4 Å². The molecule has 8 heteroatoms. The van der Waals surface area contributed by atoms with Crippen molar-refractivity contribution in [1.82, 2.24) is 0 Å². The third-order valence-electron chi connectivity index (χ3n) is 3.81. The molecule has 25 heavy (non-hydrogen) atoms. The van der Waals surface area contributed by atoms with Gasteiger partial charge in [0.2, 0.25) is 6.10 Å². The highest BCUT2D eigenvalue weighted by Gasteiger charge is 2.29. The monoisotopic (exact) mass is 343 g/mol. The van der Waals surface area contributed by atoms with Gasteiger partial charge >= 0.3 is 0 Å². The van der Waals surface area contributed by atoms with Crippen molar-refractivity contribution in [3.63, 3.8) is 0 Å². The summed E-state index contributed by atoms with van der Waals surface area (Å²) < 4.78 is 13.3. The van der Waals surface area contributed by atoms with Gasteiger partial charge < -0.3 is 10.2 Å². The number of rotatable bonds is 4. The minimum atomic E-state index is -0.878. The fraction of sp³-hybridized carbons (Fsp3) is 0.176. The standard InChI is InChI=1S/C17H14FN3O4/c1-10-5-6-13(21(23)24)8-14(10)19-17(22)16-9-15(20-25-16)11-3-2-4-12(18)7-11/h2-8,16H,9H2,1H3,(H,19,22). The summed E-state index contributed by atoms with van der Waals surface area (Å²) in [6.45, 7) is 1.73. The van der Waals surface area contributed by atoms with E-state index in [0.717, 1.165) is 0 Å². The zero-order valence-electron chi connectivity index (χ0n) is 13.2. The normalized spacial score (nSPS) is 16.1. The van der Waals surface area contributed by atoms with Gasteiger partial charge in [0.25, 0.3) is 11.6 Å². The molecule has 0 saturated heterocycles. The molecule has 3 rings (SSSR count). The highest BCUT2D eigenvalue weighted by molar-refractivity contribution is 6.06. The van der Waals surface area contributed by atoms with Crippen LogP contribution in [0.4, 0.5) is 15.8 Å². The summed E-state index contributed by atoms with van der Waals surface area (Å²) in [4.78, 5) is 27.8. The number of non-ortho nitro benzene ring substituents is 1. The van der Waals surface area contributed by atoms with Crippen molar-refractivity contribution in [3.05, 3.63) is 69.5 Å².